The van der Waals surface area contributed by atoms with Gasteiger partial charge in [0.1, 0.15) is 0 Å². The highest BCUT2D eigenvalue weighted by molar-refractivity contribution is 5.28. The molecule has 0 amide bonds. The van der Waals surface area contributed by atoms with Gasteiger partial charge in [0.25, 0.3) is 0 Å². The lowest BCUT2D eigenvalue weighted by Gasteiger charge is -2.63. The molecular weight excluding hydrogens is 192 g/mol. The van der Waals surface area contributed by atoms with Gasteiger partial charge >= 0.3 is 0 Å². The Bertz CT molecular complexity index is 314. The second-order valence-corrected chi connectivity index (χ2v) is 7.62. The molecule has 0 nitrogen and oxygen atoms in total. The summed E-state index contributed by atoms with van der Waals surface area (Å²) in [5, 5.41) is 0. The van der Waals surface area contributed by atoms with Crippen LogP contribution in [0.5, 0.6) is 0 Å². The van der Waals surface area contributed by atoms with Gasteiger partial charge < -0.3 is 0 Å². The zero-order valence-electron chi connectivity index (χ0n) is 11.3. The Kier molecular flexibility index (Phi) is 2.14. The SMILES string of the molecule is C/C=C1\C2C[C@@H]3C[C@H](C2)CC1(C(C)(C)C)C3. The summed E-state index contributed by atoms with van der Waals surface area (Å²) in [6.07, 6.45) is 10.0. The van der Waals surface area contributed by atoms with Gasteiger partial charge in [0, 0.05) is 0 Å². The van der Waals surface area contributed by atoms with E-state index in [1.54, 1.807) is 6.42 Å². The van der Waals surface area contributed by atoms with Crippen molar-refractivity contribution in [3.8, 4) is 0 Å². The largest absolute Gasteiger partial charge is 0.0876 e. The molecule has 0 aromatic carbocycles. The molecule has 4 fully saturated rings. The van der Waals surface area contributed by atoms with Crippen LogP contribution < -0.4 is 0 Å². The molecule has 0 N–H and O–H groups in total. The van der Waals surface area contributed by atoms with Crippen molar-refractivity contribution in [3.63, 3.8) is 0 Å². The summed E-state index contributed by atoms with van der Waals surface area (Å²) in [4.78, 5) is 0. The van der Waals surface area contributed by atoms with Crippen LogP contribution in [0.3, 0.4) is 0 Å². The molecule has 4 atom stereocenters. The van der Waals surface area contributed by atoms with Gasteiger partial charge in [-0.05, 0) is 67.6 Å². The van der Waals surface area contributed by atoms with Gasteiger partial charge in [-0.2, -0.15) is 0 Å². The van der Waals surface area contributed by atoms with E-state index in [0.29, 0.717) is 10.8 Å². The molecule has 0 aromatic rings. The van der Waals surface area contributed by atoms with Crippen molar-refractivity contribution in [2.24, 2.45) is 28.6 Å². The fourth-order valence-corrected chi connectivity index (χ4v) is 5.40. The minimum Gasteiger partial charge on any atom is -0.0876 e. The average Bonchev–Trinajstić information content (AvgIpc) is 2.14. The minimum atomic E-state index is 0.463. The zero-order chi connectivity index (χ0) is 11.6. The van der Waals surface area contributed by atoms with Crippen molar-refractivity contribution in [1.82, 2.24) is 0 Å². The van der Waals surface area contributed by atoms with E-state index in [4.69, 9.17) is 0 Å². The smallest absolute Gasteiger partial charge is 0.00317 e. The highest BCUT2D eigenvalue weighted by Gasteiger charge is 2.57. The normalized spacial score (nSPS) is 49.0. The maximum atomic E-state index is 2.48. The summed E-state index contributed by atoms with van der Waals surface area (Å²) in [5.74, 6) is 3.07. The van der Waals surface area contributed by atoms with Crippen molar-refractivity contribution >= 4 is 0 Å². The first-order chi connectivity index (χ1) is 7.46. The van der Waals surface area contributed by atoms with Gasteiger partial charge in [-0.3, -0.25) is 0 Å². The van der Waals surface area contributed by atoms with Crippen LogP contribution >= 0.6 is 0 Å². The van der Waals surface area contributed by atoms with Crippen molar-refractivity contribution in [2.45, 2.75) is 59.8 Å². The van der Waals surface area contributed by atoms with Crippen LogP contribution in [0.2, 0.25) is 0 Å². The molecular formula is C16H26. The third kappa shape index (κ3) is 1.22. The van der Waals surface area contributed by atoms with Gasteiger partial charge in [0.2, 0.25) is 0 Å². The summed E-state index contributed by atoms with van der Waals surface area (Å²) in [6, 6.07) is 0. The molecule has 0 saturated heterocycles. The molecule has 0 spiro atoms. The molecule has 4 rings (SSSR count). The van der Waals surface area contributed by atoms with Crippen molar-refractivity contribution < 1.29 is 0 Å². The summed E-state index contributed by atoms with van der Waals surface area (Å²) in [7, 11) is 0. The molecule has 0 aliphatic heterocycles. The van der Waals surface area contributed by atoms with E-state index in [-0.39, 0.29) is 0 Å². The van der Waals surface area contributed by atoms with E-state index in [2.05, 4.69) is 33.8 Å². The van der Waals surface area contributed by atoms with Gasteiger partial charge in [0.05, 0.1) is 0 Å². The first-order valence-electron chi connectivity index (χ1n) is 7.13. The monoisotopic (exact) mass is 218 g/mol. The van der Waals surface area contributed by atoms with Gasteiger partial charge in [-0.1, -0.05) is 32.4 Å². The molecule has 0 heteroatoms. The average molecular weight is 218 g/mol. The summed E-state index contributed by atoms with van der Waals surface area (Å²) < 4.78 is 0. The van der Waals surface area contributed by atoms with E-state index < -0.39 is 0 Å². The number of hydrogen-bond acceptors (Lipinski definition) is 0. The highest BCUT2D eigenvalue weighted by Crippen LogP contribution is 2.68. The van der Waals surface area contributed by atoms with Gasteiger partial charge in [-0.15, -0.1) is 0 Å². The molecule has 0 aromatic heterocycles. The van der Waals surface area contributed by atoms with E-state index in [1.807, 2.05) is 5.57 Å². The second-order valence-electron chi connectivity index (χ2n) is 7.62. The first-order valence-corrected chi connectivity index (χ1v) is 7.13. The van der Waals surface area contributed by atoms with Crippen molar-refractivity contribution in [3.05, 3.63) is 11.6 Å². The van der Waals surface area contributed by atoms with Gasteiger partial charge in [0.15, 0.2) is 0 Å². The van der Waals surface area contributed by atoms with E-state index in [0.717, 1.165) is 17.8 Å². The maximum Gasteiger partial charge on any atom is -0.00317 e. The Labute approximate surface area is 101 Å². The Hall–Kier alpha value is -0.260. The Morgan fingerprint density at radius 2 is 1.62 bits per heavy atom. The van der Waals surface area contributed by atoms with Crippen LogP contribution in [0, 0.1) is 28.6 Å². The molecule has 4 bridgehead atoms. The van der Waals surface area contributed by atoms with Crippen LogP contribution in [0.4, 0.5) is 0 Å². The lowest BCUT2D eigenvalue weighted by Crippen LogP contribution is -2.53. The Morgan fingerprint density at radius 3 is 2.06 bits per heavy atom. The number of rotatable bonds is 0. The molecule has 90 valence electrons. The van der Waals surface area contributed by atoms with E-state index in [9.17, 15) is 0 Å². The fourth-order valence-electron chi connectivity index (χ4n) is 5.40. The predicted molar refractivity (Wildman–Crippen MR) is 69.2 cm³/mol. The number of hydrogen-bond donors (Lipinski definition) is 0. The zero-order valence-corrected chi connectivity index (χ0v) is 11.3. The highest BCUT2D eigenvalue weighted by atomic mass is 14.6. The van der Waals surface area contributed by atoms with Gasteiger partial charge in [-0.25, -0.2) is 0 Å². The first kappa shape index (κ1) is 10.9. The second kappa shape index (κ2) is 3.15. The Balaban J connectivity index is 2.08. The number of allylic oxidation sites excluding steroid dienone is 2. The van der Waals surface area contributed by atoms with Crippen LogP contribution in [0.1, 0.15) is 59.8 Å². The molecule has 4 aliphatic rings. The molecule has 16 heavy (non-hydrogen) atoms. The van der Waals surface area contributed by atoms with Crippen LogP contribution in [-0.2, 0) is 0 Å². The quantitative estimate of drug-likeness (QED) is 0.512. The lowest BCUT2D eigenvalue weighted by molar-refractivity contribution is -0.0613. The molecule has 4 aliphatic carbocycles. The van der Waals surface area contributed by atoms with E-state index in [1.165, 1.54) is 25.7 Å². The Morgan fingerprint density at radius 1 is 1.06 bits per heavy atom. The summed E-state index contributed by atoms with van der Waals surface area (Å²) in [5.41, 5.74) is 2.87. The van der Waals surface area contributed by atoms with E-state index >= 15 is 0 Å². The third-order valence-corrected chi connectivity index (χ3v) is 5.92. The third-order valence-electron chi connectivity index (χ3n) is 5.92. The standard InChI is InChI=1S/C16H26/c1-5-14-13-7-11-6-12(8-13)10-16(14,9-11)15(2,3)4/h5,11-13H,6-10H2,1-4H3/b14-5+/t11-,12+,13?,16?. The summed E-state index contributed by atoms with van der Waals surface area (Å²) >= 11 is 0. The molecule has 0 heterocycles. The van der Waals surface area contributed by atoms with Crippen LogP contribution in [0.25, 0.3) is 0 Å². The van der Waals surface area contributed by atoms with Crippen molar-refractivity contribution in [2.75, 3.05) is 0 Å². The van der Waals surface area contributed by atoms with Crippen LogP contribution in [-0.4, -0.2) is 0 Å². The molecule has 0 radical (unpaired) electrons. The summed E-state index contributed by atoms with van der Waals surface area (Å²) in [6.45, 7) is 9.71. The topological polar surface area (TPSA) is 0 Å². The maximum absolute atomic E-state index is 2.48. The molecule has 2 unspecified atom stereocenters. The minimum absolute atomic E-state index is 0.463. The lowest BCUT2D eigenvalue weighted by atomic mass is 9.41. The molecule has 4 saturated carbocycles. The predicted octanol–water partition coefficient (Wildman–Crippen LogP) is 4.81. The van der Waals surface area contributed by atoms with Crippen molar-refractivity contribution in [1.29, 1.82) is 0 Å². The van der Waals surface area contributed by atoms with Crippen LogP contribution in [0.15, 0.2) is 11.6 Å². The fraction of sp³-hybridized carbons (Fsp3) is 0.875.